The van der Waals surface area contributed by atoms with Crippen molar-refractivity contribution in [3.63, 3.8) is 0 Å². The molecule has 8 rings (SSSR count). The number of hydrogen-bond donors (Lipinski definition) is 2. The number of benzene rings is 1. The third-order valence-electron chi connectivity index (χ3n) is 12.1. The second-order valence-electron chi connectivity index (χ2n) is 15.6. The van der Waals surface area contributed by atoms with Crippen LogP contribution in [0.1, 0.15) is 99.6 Å². The highest BCUT2D eigenvalue weighted by Gasteiger charge is 2.57. The molecule has 3 heterocycles. The molecule has 1 amide bonds. The molecule has 5 fully saturated rings. The van der Waals surface area contributed by atoms with E-state index < -0.39 is 40.8 Å². The lowest BCUT2D eigenvalue weighted by Gasteiger charge is -2.46. The number of halogens is 5. The first-order valence-corrected chi connectivity index (χ1v) is 18.2. The van der Waals surface area contributed by atoms with Gasteiger partial charge in [-0.2, -0.15) is 13.2 Å². The van der Waals surface area contributed by atoms with Gasteiger partial charge in [-0.1, -0.05) is 13.3 Å². The summed E-state index contributed by atoms with van der Waals surface area (Å²) in [6.45, 7) is 1.67. The zero-order valence-electron chi connectivity index (χ0n) is 28.4. The molecule has 1 saturated heterocycles. The van der Waals surface area contributed by atoms with Gasteiger partial charge in [0.05, 0.1) is 30.3 Å². The molecule has 274 valence electrons. The number of ether oxygens (including phenoxy) is 1. The van der Waals surface area contributed by atoms with E-state index in [-0.39, 0.29) is 55.4 Å². The lowest BCUT2D eigenvalue weighted by Crippen LogP contribution is -2.60. The summed E-state index contributed by atoms with van der Waals surface area (Å²) >= 11 is 0. The first-order valence-electron chi connectivity index (χ1n) is 18.2. The number of likely N-dealkylation sites (tertiary alicyclic amines) is 1. The fourth-order valence-corrected chi connectivity index (χ4v) is 9.39. The molecule has 1 aliphatic heterocycles. The summed E-state index contributed by atoms with van der Waals surface area (Å²) in [5.74, 6) is -4.50. The van der Waals surface area contributed by atoms with Crippen molar-refractivity contribution < 1.29 is 41.4 Å². The van der Waals surface area contributed by atoms with Crippen LogP contribution in [0, 0.1) is 17.8 Å². The van der Waals surface area contributed by atoms with Crippen molar-refractivity contribution in [1.82, 2.24) is 24.8 Å². The second-order valence-corrected chi connectivity index (χ2v) is 15.6. The predicted molar refractivity (Wildman–Crippen MR) is 176 cm³/mol. The summed E-state index contributed by atoms with van der Waals surface area (Å²) in [6, 6.07) is 5.72. The van der Waals surface area contributed by atoms with Crippen LogP contribution in [-0.4, -0.2) is 73.1 Å². The predicted octanol–water partition coefficient (Wildman–Crippen LogP) is 7.49. The van der Waals surface area contributed by atoms with Crippen LogP contribution in [0.4, 0.5) is 22.0 Å². The number of nitrogens with zero attached hydrogens (tertiary/aromatic N) is 4. The van der Waals surface area contributed by atoms with Crippen molar-refractivity contribution in [2.45, 2.75) is 113 Å². The molecule has 2 N–H and O–H groups in total. The molecule has 0 spiro atoms. The zero-order chi connectivity index (χ0) is 35.9. The van der Waals surface area contributed by atoms with Gasteiger partial charge in [-0.25, -0.2) is 23.5 Å². The summed E-state index contributed by atoms with van der Waals surface area (Å²) in [5, 5.41) is 13.5. The maximum absolute atomic E-state index is 14.6. The number of alkyl halides is 5. The first-order chi connectivity index (χ1) is 24.2. The van der Waals surface area contributed by atoms with Gasteiger partial charge in [-0.15, -0.1) is 0 Å². The van der Waals surface area contributed by atoms with Gasteiger partial charge in [0.2, 0.25) is 0 Å². The van der Waals surface area contributed by atoms with Crippen LogP contribution in [0.3, 0.4) is 0 Å². The van der Waals surface area contributed by atoms with Crippen LogP contribution in [0.25, 0.3) is 22.3 Å². The number of aliphatic carboxylic acids is 1. The topological polar surface area (TPSA) is 110 Å². The Balaban J connectivity index is 1.05. The van der Waals surface area contributed by atoms with Crippen molar-refractivity contribution in [2.75, 3.05) is 13.1 Å². The molecule has 4 aliphatic carbocycles. The van der Waals surface area contributed by atoms with Crippen molar-refractivity contribution in [1.29, 1.82) is 0 Å². The Hall–Kier alpha value is -3.81. The maximum atomic E-state index is 14.6. The van der Waals surface area contributed by atoms with E-state index in [9.17, 15) is 36.6 Å². The molecule has 51 heavy (non-hydrogen) atoms. The van der Waals surface area contributed by atoms with Crippen molar-refractivity contribution in [3.05, 3.63) is 41.9 Å². The molecule has 0 radical (unpaired) electrons. The number of carbonyl (C=O) groups excluding carboxylic acids is 1. The third kappa shape index (κ3) is 6.35. The number of rotatable bonds is 9. The summed E-state index contributed by atoms with van der Waals surface area (Å²) in [6.07, 6.45) is 5.50. The van der Waals surface area contributed by atoms with Gasteiger partial charge in [-0.05, 0) is 94.1 Å². The number of nitrogens with one attached hydrogen (secondary N) is 1. The molecular weight excluding hydrogens is 673 g/mol. The van der Waals surface area contributed by atoms with Crippen molar-refractivity contribution >= 4 is 22.8 Å². The Morgan fingerprint density at radius 2 is 1.76 bits per heavy atom. The average molecular weight is 716 g/mol. The van der Waals surface area contributed by atoms with Crippen LogP contribution in [0.2, 0.25) is 0 Å². The summed E-state index contributed by atoms with van der Waals surface area (Å²) < 4.78 is 78.9. The van der Waals surface area contributed by atoms with E-state index in [4.69, 9.17) is 4.74 Å². The number of fused-ring (bicyclic) bond motifs is 3. The second kappa shape index (κ2) is 12.4. The number of carboxylic acids is 1. The molecule has 3 aromatic rings. The number of hydrogen-bond acceptors (Lipinski definition) is 6. The van der Waals surface area contributed by atoms with Gasteiger partial charge in [0.25, 0.3) is 11.8 Å². The molecular formula is C37H42F5N5O4. The number of carbonyl (C=O) groups is 2. The highest BCUT2D eigenvalue weighted by atomic mass is 19.4. The average Bonchev–Trinajstić information content (AvgIpc) is 3.80. The lowest BCUT2D eigenvalue weighted by atomic mass is 9.76. The fourth-order valence-electron chi connectivity index (χ4n) is 9.39. The molecule has 5 aliphatic rings. The van der Waals surface area contributed by atoms with Crippen LogP contribution in [0.15, 0.2) is 30.6 Å². The number of carboxylic acid groups (broad SMARTS) is 1. The van der Waals surface area contributed by atoms with Crippen LogP contribution in [0.5, 0.6) is 5.75 Å². The van der Waals surface area contributed by atoms with E-state index in [1.165, 1.54) is 0 Å². The van der Waals surface area contributed by atoms with Crippen LogP contribution in [-0.2, 0) is 11.0 Å². The van der Waals surface area contributed by atoms with Crippen molar-refractivity contribution in [2.24, 2.45) is 17.8 Å². The van der Waals surface area contributed by atoms with Gasteiger partial charge in [-0.3, -0.25) is 9.69 Å². The molecule has 4 atom stereocenters. The van der Waals surface area contributed by atoms with Gasteiger partial charge >= 0.3 is 12.1 Å². The Morgan fingerprint density at radius 1 is 1.04 bits per heavy atom. The number of aromatic nitrogens is 3. The molecule has 2 bridgehead atoms. The maximum Gasteiger partial charge on any atom is 0.434 e. The summed E-state index contributed by atoms with van der Waals surface area (Å²) in [4.78, 5) is 36.2. The zero-order valence-corrected chi connectivity index (χ0v) is 28.4. The minimum atomic E-state index is -5.01. The molecule has 1 aromatic carbocycles. The monoisotopic (exact) mass is 715 g/mol. The molecule has 4 saturated carbocycles. The van der Waals surface area contributed by atoms with E-state index in [1.807, 2.05) is 22.5 Å². The highest BCUT2D eigenvalue weighted by Crippen LogP contribution is 2.51. The molecule has 4 unspecified atom stereocenters. The Labute approximate surface area is 291 Å². The van der Waals surface area contributed by atoms with Gasteiger partial charge in [0.1, 0.15) is 11.3 Å². The lowest BCUT2D eigenvalue weighted by molar-refractivity contribution is -0.151. The first kappa shape index (κ1) is 34.3. The number of amides is 1. The van der Waals surface area contributed by atoms with E-state index in [0.29, 0.717) is 35.5 Å². The molecule has 14 heteroatoms. The summed E-state index contributed by atoms with van der Waals surface area (Å²) in [5.41, 5.74) is -2.72. The Bertz CT molecular complexity index is 1840. The van der Waals surface area contributed by atoms with Gasteiger partial charge in [0.15, 0.2) is 11.5 Å². The van der Waals surface area contributed by atoms with E-state index in [2.05, 4.69) is 15.3 Å². The van der Waals surface area contributed by atoms with Crippen LogP contribution >= 0.6 is 0 Å². The molecule has 9 nitrogen and oxygen atoms in total. The smallest absolute Gasteiger partial charge is 0.434 e. The standard InChI is InChI=1S/C37H42F5N5O4/c1-2-20-11-21-13-22(12-20)36(15-21,34(49)50)45-33(48)28-16-43-32(44-31(28)37(40,41)42)29-17-47(24-3-4-24)30-14-26(9-10-27(29)30)51-25-7-5-23(6-8-25)46-18-35(38,39)19-46/h9-10,14,16-17,20-25H,2-8,11-13,15,18-19H2,1H3,(H,45,48)(H,49,50)/t20?,21?,22?,23-,25+,36?. The summed E-state index contributed by atoms with van der Waals surface area (Å²) in [7, 11) is 0. The highest BCUT2D eigenvalue weighted by molar-refractivity contribution is 6.00. The van der Waals surface area contributed by atoms with Crippen molar-refractivity contribution in [3.8, 4) is 17.1 Å². The van der Waals surface area contributed by atoms with Crippen LogP contribution < -0.4 is 10.1 Å². The third-order valence-corrected chi connectivity index (χ3v) is 12.1. The minimum Gasteiger partial charge on any atom is -0.490 e. The largest absolute Gasteiger partial charge is 0.490 e. The Morgan fingerprint density at radius 3 is 2.41 bits per heavy atom. The molecule has 2 aromatic heterocycles. The minimum absolute atomic E-state index is 0.0715. The SMILES string of the molecule is CCC1CC2CC(C1)C(NC(=O)c1cnc(-c3cn(C4CC4)c4cc(O[C@H]5CC[C@@H](N6CC(F)(F)C6)CC5)ccc34)nc1C(F)(F)F)(C(=O)O)C2. The fraction of sp³-hybridized carbons (Fsp3) is 0.622. The Kier molecular flexibility index (Phi) is 8.34. The van der Waals surface area contributed by atoms with E-state index in [1.54, 1.807) is 18.3 Å². The van der Waals surface area contributed by atoms with Gasteiger partial charge in [0, 0.05) is 41.5 Å². The van der Waals surface area contributed by atoms with E-state index >= 15 is 0 Å². The van der Waals surface area contributed by atoms with E-state index in [0.717, 1.165) is 63.1 Å². The normalized spacial score (nSPS) is 30.6. The van der Waals surface area contributed by atoms with Gasteiger partial charge < -0.3 is 19.7 Å². The quantitative estimate of drug-likeness (QED) is 0.221.